The minimum atomic E-state index is -0.301. The van der Waals surface area contributed by atoms with E-state index in [-0.39, 0.29) is 22.6 Å². The van der Waals surface area contributed by atoms with E-state index in [4.69, 9.17) is 14.7 Å². The number of urea groups is 1. The molecular weight excluding hydrogens is 491 g/mol. The number of hydrogen-bond acceptors (Lipinski definition) is 7. The number of thioether (sulfide) groups is 1. The number of halogens is 1. The minimum absolute atomic E-state index is 0.179. The zero-order valence-electron chi connectivity index (χ0n) is 21.2. The van der Waals surface area contributed by atoms with Crippen LogP contribution in [0.25, 0.3) is 11.4 Å². The van der Waals surface area contributed by atoms with E-state index in [1.54, 1.807) is 14.1 Å². The second kappa shape index (κ2) is 10.5. The molecule has 2 aliphatic rings. The van der Waals surface area contributed by atoms with E-state index >= 15 is 0 Å². The largest absolute Gasteiger partial charge is 0.388 e. The smallest absolute Gasteiger partial charge is 0.318 e. The van der Waals surface area contributed by atoms with E-state index in [1.807, 2.05) is 36.4 Å². The van der Waals surface area contributed by atoms with Gasteiger partial charge in [-0.3, -0.25) is 0 Å². The molecule has 2 fully saturated rings. The molecule has 1 atom stereocenters. The molecule has 194 valence electrons. The summed E-state index contributed by atoms with van der Waals surface area (Å²) in [5.74, 6) is 1.22. The second-order valence-corrected chi connectivity index (χ2v) is 10.8. The van der Waals surface area contributed by atoms with Crippen molar-refractivity contribution in [3.63, 3.8) is 0 Å². The van der Waals surface area contributed by atoms with Crippen molar-refractivity contribution in [3.8, 4) is 11.4 Å². The van der Waals surface area contributed by atoms with Gasteiger partial charge in [-0.05, 0) is 62.2 Å². The Bertz CT molecular complexity index is 1280. The van der Waals surface area contributed by atoms with Gasteiger partial charge >= 0.3 is 6.03 Å². The van der Waals surface area contributed by atoms with Crippen LogP contribution in [-0.4, -0.2) is 55.9 Å². The fourth-order valence-corrected chi connectivity index (χ4v) is 5.61. The lowest BCUT2D eigenvalue weighted by molar-refractivity contribution is 0.0985. The molecule has 1 aliphatic carbocycles. The van der Waals surface area contributed by atoms with Crippen molar-refractivity contribution >= 4 is 35.0 Å². The summed E-state index contributed by atoms with van der Waals surface area (Å²) < 4.78 is 20.2. The molecule has 2 aromatic carbocycles. The van der Waals surface area contributed by atoms with Gasteiger partial charge in [-0.2, -0.15) is 0 Å². The normalized spacial score (nSPS) is 18.3. The molecule has 1 aliphatic heterocycles. The first-order valence-corrected chi connectivity index (χ1v) is 13.2. The van der Waals surface area contributed by atoms with Crippen molar-refractivity contribution in [1.82, 2.24) is 15.3 Å². The highest BCUT2D eigenvalue weighted by molar-refractivity contribution is 8.00. The highest BCUT2D eigenvalue weighted by atomic mass is 32.2. The fourth-order valence-electron chi connectivity index (χ4n) is 4.38. The third kappa shape index (κ3) is 5.50. The van der Waals surface area contributed by atoms with Crippen molar-refractivity contribution in [2.75, 3.05) is 49.4 Å². The number of morpholine rings is 1. The summed E-state index contributed by atoms with van der Waals surface area (Å²) in [5, 5.41) is 8.30. The van der Waals surface area contributed by atoms with Gasteiger partial charge in [0.15, 0.2) is 5.82 Å². The first kappa shape index (κ1) is 25.3. The average molecular weight is 523 g/mol. The Hall–Kier alpha value is -3.37. The van der Waals surface area contributed by atoms with E-state index in [1.165, 1.54) is 17.8 Å². The van der Waals surface area contributed by atoms with Crippen molar-refractivity contribution in [3.05, 3.63) is 60.0 Å². The minimum Gasteiger partial charge on any atom is -0.388 e. The van der Waals surface area contributed by atoms with E-state index in [0.717, 1.165) is 42.1 Å². The van der Waals surface area contributed by atoms with Crippen molar-refractivity contribution in [2.24, 2.45) is 0 Å². The van der Waals surface area contributed by atoms with Crippen molar-refractivity contribution in [2.45, 2.75) is 35.4 Å². The molecule has 3 N–H and O–H groups in total. The van der Waals surface area contributed by atoms with E-state index in [2.05, 4.69) is 33.8 Å². The van der Waals surface area contributed by atoms with Crippen LogP contribution in [0.5, 0.6) is 0 Å². The average Bonchev–Trinajstić information content (AvgIpc) is 3.71. The second-order valence-electron chi connectivity index (χ2n) is 9.33. The summed E-state index contributed by atoms with van der Waals surface area (Å²) in [6, 6.07) is 14.7. The van der Waals surface area contributed by atoms with Crippen LogP contribution in [0.15, 0.2) is 53.4 Å². The SMILES string of the molecule is CNC(=O)Nc1ccc(-c2nc(N3CCOC[C@@H]3C)cc(C3(Sc4ccc(NC)cc4F)CC3)n2)cc1. The Kier molecular flexibility index (Phi) is 7.21. The maximum Gasteiger partial charge on any atom is 0.318 e. The number of hydrogen-bond donors (Lipinski definition) is 3. The Labute approximate surface area is 220 Å². The van der Waals surface area contributed by atoms with Gasteiger partial charge in [0.05, 0.1) is 29.7 Å². The first-order valence-electron chi connectivity index (χ1n) is 12.4. The zero-order chi connectivity index (χ0) is 26.0. The molecule has 1 saturated heterocycles. The van der Waals surface area contributed by atoms with E-state index in [9.17, 15) is 9.18 Å². The number of aromatic nitrogens is 2. The van der Waals surface area contributed by atoms with Crippen LogP contribution in [0.4, 0.5) is 26.4 Å². The van der Waals surface area contributed by atoms with Crippen LogP contribution in [-0.2, 0) is 9.48 Å². The number of carbonyl (C=O) groups excluding carboxylic acids is 1. The molecule has 0 bridgehead atoms. The van der Waals surface area contributed by atoms with Crippen molar-refractivity contribution in [1.29, 1.82) is 0 Å². The molecule has 1 saturated carbocycles. The molecule has 37 heavy (non-hydrogen) atoms. The van der Waals surface area contributed by atoms with Crippen LogP contribution in [0.3, 0.4) is 0 Å². The first-order chi connectivity index (χ1) is 17.9. The van der Waals surface area contributed by atoms with Crippen LogP contribution in [0, 0.1) is 5.82 Å². The maximum absolute atomic E-state index is 14.9. The number of benzene rings is 2. The summed E-state index contributed by atoms with van der Waals surface area (Å²) in [7, 11) is 3.35. The van der Waals surface area contributed by atoms with Gasteiger partial charge in [-0.1, -0.05) is 0 Å². The molecule has 10 heteroatoms. The fraction of sp³-hybridized carbons (Fsp3) is 0.370. The highest BCUT2D eigenvalue weighted by Gasteiger charge is 2.48. The van der Waals surface area contributed by atoms with E-state index in [0.29, 0.717) is 29.6 Å². The lowest BCUT2D eigenvalue weighted by atomic mass is 10.1. The number of amides is 2. The summed E-state index contributed by atoms with van der Waals surface area (Å²) in [5.41, 5.74) is 3.17. The standard InChI is InChI=1S/C27H31FN6O2S/c1-17-16-36-13-12-34(17)24-15-23(27(10-11-27)37-22-9-8-20(29-2)14-21(22)28)32-25(33-24)18-4-6-19(7-5-18)31-26(35)30-3/h4-9,14-15,17,29H,10-13,16H2,1-3H3,(H2,30,31,35)/t17-/m0/s1. The topological polar surface area (TPSA) is 91.4 Å². The lowest BCUT2D eigenvalue weighted by Crippen LogP contribution is -2.44. The van der Waals surface area contributed by atoms with Crippen LogP contribution in [0.1, 0.15) is 25.5 Å². The number of ether oxygens (including phenoxy) is 1. The Balaban J connectivity index is 1.51. The van der Waals surface area contributed by atoms with Crippen molar-refractivity contribution < 1.29 is 13.9 Å². The summed E-state index contributed by atoms with van der Waals surface area (Å²) in [4.78, 5) is 24.5. The maximum atomic E-state index is 14.9. The third-order valence-corrected chi connectivity index (χ3v) is 8.26. The molecule has 0 radical (unpaired) electrons. The molecule has 2 heterocycles. The summed E-state index contributed by atoms with van der Waals surface area (Å²) >= 11 is 1.54. The summed E-state index contributed by atoms with van der Waals surface area (Å²) in [6.07, 6.45) is 1.82. The van der Waals surface area contributed by atoms with Crippen LogP contribution < -0.4 is 20.9 Å². The molecule has 2 amide bonds. The van der Waals surface area contributed by atoms with Gasteiger partial charge in [-0.15, -0.1) is 11.8 Å². The Morgan fingerprint density at radius 1 is 1.11 bits per heavy atom. The summed E-state index contributed by atoms with van der Waals surface area (Å²) in [6.45, 7) is 4.14. The Morgan fingerprint density at radius 3 is 2.51 bits per heavy atom. The number of rotatable bonds is 7. The number of anilines is 3. The molecule has 0 unspecified atom stereocenters. The molecule has 8 nitrogen and oxygen atoms in total. The van der Waals surface area contributed by atoms with Gasteiger partial charge in [0.25, 0.3) is 0 Å². The van der Waals surface area contributed by atoms with Gasteiger partial charge in [0, 0.05) is 48.5 Å². The van der Waals surface area contributed by atoms with Gasteiger partial charge in [0.2, 0.25) is 0 Å². The molecule has 0 spiro atoms. The quantitative estimate of drug-likeness (QED) is 0.399. The van der Waals surface area contributed by atoms with Gasteiger partial charge < -0.3 is 25.6 Å². The predicted molar refractivity (Wildman–Crippen MR) is 146 cm³/mol. The number of carbonyl (C=O) groups is 1. The predicted octanol–water partition coefficient (Wildman–Crippen LogP) is 5.08. The van der Waals surface area contributed by atoms with Gasteiger partial charge in [0.1, 0.15) is 11.6 Å². The molecule has 1 aromatic heterocycles. The van der Waals surface area contributed by atoms with Crippen LogP contribution >= 0.6 is 11.8 Å². The number of nitrogens with one attached hydrogen (secondary N) is 3. The van der Waals surface area contributed by atoms with E-state index < -0.39 is 0 Å². The molecule has 5 rings (SSSR count). The number of nitrogens with zero attached hydrogens (tertiary/aromatic N) is 3. The van der Waals surface area contributed by atoms with Gasteiger partial charge in [-0.25, -0.2) is 19.2 Å². The third-order valence-electron chi connectivity index (χ3n) is 6.70. The zero-order valence-corrected chi connectivity index (χ0v) is 22.0. The highest BCUT2D eigenvalue weighted by Crippen LogP contribution is 2.59. The monoisotopic (exact) mass is 522 g/mol. The molecular formula is C27H31FN6O2S. The Morgan fingerprint density at radius 2 is 1.86 bits per heavy atom. The molecule has 3 aromatic rings. The lowest BCUT2D eigenvalue weighted by Gasteiger charge is -2.34. The van der Waals surface area contributed by atoms with Crippen LogP contribution in [0.2, 0.25) is 0 Å².